The van der Waals surface area contributed by atoms with Crippen LogP contribution in [0.3, 0.4) is 0 Å². The fraction of sp³-hybridized carbons (Fsp3) is 0.571. The summed E-state index contributed by atoms with van der Waals surface area (Å²) in [5, 5.41) is 0. The van der Waals surface area contributed by atoms with Gasteiger partial charge in [-0.05, 0) is 36.7 Å². The van der Waals surface area contributed by atoms with Crippen LogP contribution in [0.2, 0.25) is 0 Å². The van der Waals surface area contributed by atoms with Crippen LogP contribution in [-0.4, -0.2) is 12.1 Å². The average Bonchev–Trinajstić information content (AvgIpc) is 2.25. The molecule has 0 amide bonds. The van der Waals surface area contributed by atoms with Gasteiger partial charge in [0.1, 0.15) is 0 Å². The minimum Gasteiger partial charge on any atom is -0.328 e. The minimum absolute atomic E-state index is 0.166. The van der Waals surface area contributed by atoms with E-state index in [-0.39, 0.29) is 11.5 Å². The first kappa shape index (κ1) is 11.6. The molecule has 0 saturated heterocycles. The number of hydrogen-bond donors (Lipinski definition) is 2. The SMILES string of the molecule is CC1(Cc2ccccc2)C[C@H](N)CC[C@H]1N. The smallest absolute Gasteiger partial charge is 0.00972 e. The highest BCUT2D eigenvalue weighted by atomic mass is 14.7. The third kappa shape index (κ3) is 2.45. The topological polar surface area (TPSA) is 52.0 Å². The summed E-state index contributed by atoms with van der Waals surface area (Å²) in [6.45, 7) is 2.28. The van der Waals surface area contributed by atoms with E-state index in [0.29, 0.717) is 6.04 Å². The summed E-state index contributed by atoms with van der Waals surface area (Å²) < 4.78 is 0. The second kappa shape index (κ2) is 4.56. The van der Waals surface area contributed by atoms with Gasteiger partial charge in [0.2, 0.25) is 0 Å². The fourth-order valence-electron chi connectivity index (χ4n) is 2.86. The highest BCUT2D eigenvalue weighted by Gasteiger charge is 2.37. The van der Waals surface area contributed by atoms with Crippen molar-refractivity contribution in [3.8, 4) is 0 Å². The molecule has 88 valence electrons. The standard InChI is InChI=1S/C14H22N2/c1-14(9-11-5-3-2-4-6-11)10-12(15)7-8-13(14)16/h2-6,12-13H,7-10,15-16H2,1H3/t12-,13-,14?/m1/s1. The Kier molecular flexibility index (Phi) is 3.31. The van der Waals surface area contributed by atoms with Crippen LogP contribution in [0.5, 0.6) is 0 Å². The lowest BCUT2D eigenvalue weighted by Crippen LogP contribution is -2.49. The monoisotopic (exact) mass is 218 g/mol. The summed E-state index contributed by atoms with van der Waals surface area (Å²) >= 11 is 0. The Bertz CT molecular complexity index is 336. The van der Waals surface area contributed by atoms with Gasteiger partial charge in [0.05, 0.1) is 0 Å². The van der Waals surface area contributed by atoms with Crippen LogP contribution in [0.4, 0.5) is 0 Å². The molecule has 0 aromatic heterocycles. The Balaban J connectivity index is 2.12. The maximum absolute atomic E-state index is 6.27. The summed E-state index contributed by atoms with van der Waals surface area (Å²) in [6.07, 6.45) is 4.22. The van der Waals surface area contributed by atoms with E-state index >= 15 is 0 Å². The highest BCUT2D eigenvalue weighted by molar-refractivity contribution is 5.17. The maximum Gasteiger partial charge on any atom is 0.00972 e. The molecule has 2 rings (SSSR count). The van der Waals surface area contributed by atoms with E-state index in [1.54, 1.807) is 0 Å². The van der Waals surface area contributed by atoms with E-state index in [0.717, 1.165) is 25.7 Å². The van der Waals surface area contributed by atoms with Gasteiger partial charge < -0.3 is 11.5 Å². The van der Waals surface area contributed by atoms with Crippen molar-refractivity contribution >= 4 is 0 Å². The summed E-state index contributed by atoms with van der Waals surface area (Å²) in [4.78, 5) is 0. The van der Waals surface area contributed by atoms with Crippen LogP contribution < -0.4 is 11.5 Å². The van der Waals surface area contributed by atoms with Gasteiger partial charge in [0.25, 0.3) is 0 Å². The lowest BCUT2D eigenvalue weighted by molar-refractivity contribution is 0.158. The molecule has 0 heterocycles. The molecule has 0 spiro atoms. The van der Waals surface area contributed by atoms with Crippen LogP contribution in [0.1, 0.15) is 31.7 Å². The number of rotatable bonds is 2. The predicted molar refractivity (Wildman–Crippen MR) is 68.1 cm³/mol. The fourth-order valence-corrected chi connectivity index (χ4v) is 2.86. The molecular formula is C14H22N2. The van der Waals surface area contributed by atoms with Gasteiger partial charge in [0, 0.05) is 12.1 Å². The molecule has 0 radical (unpaired) electrons. The molecule has 2 heteroatoms. The van der Waals surface area contributed by atoms with Crippen molar-refractivity contribution in [1.29, 1.82) is 0 Å². The van der Waals surface area contributed by atoms with Gasteiger partial charge in [-0.25, -0.2) is 0 Å². The number of hydrogen-bond acceptors (Lipinski definition) is 2. The lowest BCUT2D eigenvalue weighted by atomic mass is 9.67. The summed E-state index contributed by atoms with van der Waals surface area (Å²) in [6, 6.07) is 11.2. The van der Waals surface area contributed by atoms with Crippen LogP contribution in [-0.2, 0) is 6.42 Å². The molecule has 1 aliphatic carbocycles. The zero-order chi connectivity index (χ0) is 11.6. The van der Waals surface area contributed by atoms with Crippen molar-refractivity contribution < 1.29 is 0 Å². The van der Waals surface area contributed by atoms with Gasteiger partial charge in [-0.3, -0.25) is 0 Å². The van der Waals surface area contributed by atoms with E-state index in [4.69, 9.17) is 11.5 Å². The van der Waals surface area contributed by atoms with E-state index < -0.39 is 0 Å². The normalized spacial score (nSPS) is 34.9. The lowest BCUT2D eigenvalue weighted by Gasteiger charge is -2.42. The second-order valence-corrected chi connectivity index (χ2v) is 5.46. The molecule has 1 unspecified atom stereocenters. The molecule has 0 aliphatic heterocycles. The van der Waals surface area contributed by atoms with Gasteiger partial charge >= 0.3 is 0 Å². The molecule has 2 nitrogen and oxygen atoms in total. The summed E-state index contributed by atoms with van der Waals surface area (Å²) in [7, 11) is 0. The van der Waals surface area contributed by atoms with Crippen LogP contribution in [0, 0.1) is 5.41 Å². The number of nitrogens with two attached hydrogens (primary N) is 2. The molecule has 1 aliphatic rings. The molecule has 16 heavy (non-hydrogen) atoms. The van der Waals surface area contributed by atoms with Gasteiger partial charge in [0.15, 0.2) is 0 Å². The van der Waals surface area contributed by atoms with E-state index in [1.165, 1.54) is 5.56 Å². The zero-order valence-corrected chi connectivity index (χ0v) is 10.0. The van der Waals surface area contributed by atoms with Crippen molar-refractivity contribution in [2.24, 2.45) is 16.9 Å². The van der Waals surface area contributed by atoms with E-state index in [2.05, 4.69) is 37.3 Å². The first-order valence-electron chi connectivity index (χ1n) is 6.15. The number of benzene rings is 1. The Labute approximate surface area is 98.0 Å². The second-order valence-electron chi connectivity index (χ2n) is 5.46. The Morgan fingerprint density at radius 3 is 2.56 bits per heavy atom. The van der Waals surface area contributed by atoms with Gasteiger partial charge in [-0.2, -0.15) is 0 Å². The quantitative estimate of drug-likeness (QED) is 0.798. The molecule has 4 N–H and O–H groups in total. The van der Waals surface area contributed by atoms with Crippen molar-refractivity contribution in [3.63, 3.8) is 0 Å². The molecule has 1 saturated carbocycles. The van der Waals surface area contributed by atoms with Crippen LogP contribution in [0.25, 0.3) is 0 Å². The van der Waals surface area contributed by atoms with Crippen LogP contribution >= 0.6 is 0 Å². The first-order valence-corrected chi connectivity index (χ1v) is 6.15. The molecule has 1 aromatic carbocycles. The van der Waals surface area contributed by atoms with Gasteiger partial charge in [-0.15, -0.1) is 0 Å². The van der Waals surface area contributed by atoms with E-state index in [9.17, 15) is 0 Å². The van der Waals surface area contributed by atoms with E-state index in [1.807, 2.05) is 0 Å². The zero-order valence-electron chi connectivity index (χ0n) is 10.0. The molecule has 3 atom stereocenters. The Hall–Kier alpha value is -0.860. The summed E-state index contributed by atoms with van der Waals surface area (Å²) in [5.41, 5.74) is 13.9. The molecular weight excluding hydrogens is 196 g/mol. The summed E-state index contributed by atoms with van der Waals surface area (Å²) in [5.74, 6) is 0. The molecule has 1 aromatic rings. The average molecular weight is 218 g/mol. The third-order valence-electron chi connectivity index (χ3n) is 3.92. The predicted octanol–water partition coefficient (Wildman–Crippen LogP) is 2.07. The van der Waals surface area contributed by atoms with Crippen molar-refractivity contribution in [3.05, 3.63) is 35.9 Å². The first-order chi connectivity index (χ1) is 7.60. The van der Waals surface area contributed by atoms with Crippen LogP contribution in [0.15, 0.2) is 30.3 Å². The Morgan fingerprint density at radius 1 is 1.19 bits per heavy atom. The van der Waals surface area contributed by atoms with Gasteiger partial charge in [-0.1, -0.05) is 37.3 Å². The van der Waals surface area contributed by atoms with Crippen molar-refractivity contribution in [2.45, 2.75) is 44.7 Å². The largest absolute Gasteiger partial charge is 0.328 e. The molecule has 0 bridgehead atoms. The highest BCUT2D eigenvalue weighted by Crippen LogP contribution is 2.37. The Morgan fingerprint density at radius 2 is 1.88 bits per heavy atom. The van der Waals surface area contributed by atoms with Crippen molar-refractivity contribution in [2.75, 3.05) is 0 Å². The third-order valence-corrected chi connectivity index (χ3v) is 3.92. The maximum atomic E-state index is 6.27. The minimum atomic E-state index is 0.166. The van der Waals surface area contributed by atoms with Crippen molar-refractivity contribution in [1.82, 2.24) is 0 Å². The molecule has 1 fully saturated rings.